The van der Waals surface area contributed by atoms with Crippen LogP contribution in [0.5, 0.6) is 0 Å². The number of para-hydroxylation sites is 1. The first-order valence-corrected chi connectivity index (χ1v) is 6.65. The number of rotatable bonds is 7. The molecule has 0 aromatic heterocycles. The van der Waals surface area contributed by atoms with Gasteiger partial charge < -0.3 is 14.7 Å². The quantitative estimate of drug-likeness (QED) is 0.449. The van der Waals surface area contributed by atoms with Crippen LogP contribution in [-0.2, 0) is 6.54 Å². The van der Waals surface area contributed by atoms with E-state index in [1.807, 2.05) is 7.05 Å². The summed E-state index contributed by atoms with van der Waals surface area (Å²) in [6, 6.07) is 6.59. The zero-order valence-corrected chi connectivity index (χ0v) is 12.2. The monoisotopic (exact) mass is 283 g/mol. The number of aliphatic hydroxyl groups is 2. The normalized spacial score (nSPS) is 17.2. The van der Waals surface area contributed by atoms with Crippen LogP contribution in [-0.4, -0.2) is 52.0 Å². The van der Waals surface area contributed by atoms with Gasteiger partial charge in [0.15, 0.2) is 0 Å². The third-order valence-corrected chi connectivity index (χ3v) is 3.15. The molecular formula is C14H23N2O4+. The second-order valence-corrected chi connectivity index (χ2v) is 5.73. The van der Waals surface area contributed by atoms with Gasteiger partial charge in [0, 0.05) is 6.07 Å². The number of nitrogens with zero attached hydrogens (tertiary/aromatic N) is 2. The lowest BCUT2D eigenvalue weighted by atomic mass is 10.1. The number of hydrogen-bond donors (Lipinski definition) is 2. The Balaban J connectivity index is 3.03. The molecule has 0 bridgehead atoms. The number of nitro groups is 1. The van der Waals surface area contributed by atoms with Crippen LogP contribution in [0.4, 0.5) is 5.69 Å². The van der Waals surface area contributed by atoms with Crippen molar-refractivity contribution in [2.75, 3.05) is 20.1 Å². The number of likely N-dealkylation sites (N-methyl/N-ethyl adjacent to an activating group) is 1. The lowest BCUT2D eigenvalue weighted by molar-refractivity contribution is -0.927. The first-order chi connectivity index (χ1) is 9.23. The van der Waals surface area contributed by atoms with Gasteiger partial charge in [0.25, 0.3) is 5.69 Å². The average molecular weight is 283 g/mol. The maximum absolute atomic E-state index is 11.1. The van der Waals surface area contributed by atoms with Crippen molar-refractivity contribution in [1.82, 2.24) is 0 Å². The highest BCUT2D eigenvalue weighted by Crippen LogP contribution is 2.23. The van der Waals surface area contributed by atoms with Crippen LogP contribution >= 0.6 is 0 Å². The molecule has 6 nitrogen and oxygen atoms in total. The summed E-state index contributed by atoms with van der Waals surface area (Å²) in [5, 5.41) is 30.3. The topological polar surface area (TPSA) is 83.6 Å². The largest absolute Gasteiger partial charge is 0.388 e. The summed E-state index contributed by atoms with van der Waals surface area (Å²) in [4.78, 5) is 10.7. The van der Waals surface area contributed by atoms with Crippen molar-refractivity contribution in [3.8, 4) is 0 Å². The van der Waals surface area contributed by atoms with Gasteiger partial charge in [-0.05, 0) is 19.9 Å². The van der Waals surface area contributed by atoms with Crippen molar-refractivity contribution < 1.29 is 19.6 Å². The van der Waals surface area contributed by atoms with E-state index in [0.717, 1.165) is 0 Å². The van der Waals surface area contributed by atoms with Gasteiger partial charge in [-0.25, -0.2) is 0 Å². The first kappa shape index (κ1) is 16.6. The molecule has 2 atom stereocenters. The molecule has 0 aliphatic rings. The number of hydrogen-bond acceptors (Lipinski definition) is 4. The molecule has 0 heterocycles. The minimum absolute atomic E-state index is 0.0769. The lowest BCUT2D eigenvalue weighted by Gasteiger charge is -2.36. The van der Waals surface area contributed by atoms with Gasteiger partial charge >= 0.3 is 0 Å². The molecule has 1 aromatic carbocycles. The van der Waals surface area contributed by atoms with E-state index in [9.17, 15) is 20.3 Å². The summed E-state index contributed by atoms with van der Waals surface area (Å²) in [5.41, 5.74) is 0.689. The Bertz CT molecular complexity index is 450. The summed E-state index contributed by atoms with van der Waals surface area (Å²) in [7, 11) is 1.89. The minimum Gasteiger partial charge on any atom is -0.388 e. The highest BCUT2D eigenvalue weighted by molar-refractivity contribution is 5.39. The van der Waals surface area contributed by atoms with E-state index in [1.54, 1.807) is 32.0 Å². The van der Waals surface area contributed by atoms with Gasteiger partial charge in [0.05, 0.1) is 17.5 Å². The van der Waals surface area contributed by atoms with Gasteiger partial charge in [0.1, 0.15) is 31.8 Å². The van der Waals surface area contributed by atoms with Crippen LogP contribution in [0.15, 0.2) is 24.3 Å². The van der Waals surface area contributed by atoms with E-state index >= 15 is 0 Å². The van der Waals surface area contributed by atoms with Gasteiger partial charge in [0.2, 0.25) is 0 Å². The molecule has 6 heteroatoms. The van der Waals surface area contributed by atoms with Crippen LogP contribution in [0.25, 0.3) is 0 Å². The Kier molecular flexibility index (Phi) is 5.62. The van der Waals surface area contributed by atoms with E-state index in [0.29, 0.717) is 29.7 Å². The molecule has 1 aromatic rings. The van der Waals surface area contributed by atoms with Crippen molar-refractivity contribution in [2.24, 2.45) is 0 Å². The molecule has 0 amide bonds. The van der Waals surface area contributed by atoms with E-state index in [-0.39, 0.29) is 5.69 Å². The molecule has 1 rings (SSSR count). The fraction of sp³-hybridized carbons (Fsp3) is 0.571. The zero-order chi connectivity index (χ0) is 15.3. The lowest BCUT2D eigenvalue weighted by Crippen LogP contribution is -2.51. The van der Waals surface area contributed by atoms with E-state index < -0.39 is 17.1 Å². The van der Waals surface area contributed by atoms with Gasteiger partial charge in [-0.1, -0.05) is 12.1 Å². The average Bonchev–Trinajstić information content (AvgIpc) is 2.26. The predicted molar refractivity (Wildman–Crippen MR) is 76.1 cm³/mol. The van der Waals surface area contributed by atoms with Crippen molar-refractivity contribution >= 4 is 5.69 Å². The summed E-state index contributed by atoms with van der Waals surface area (Å²) in [6.07, 6.45) is -1.08. The maximum Gasteiger partial charge on any atom is 0.278 e. The Labute approximate surface area is 119 Å². The van der Waals surface area contributed by atoms with Crippen molar-refractivity contribution in [1.29, 1.82) is 0 Å². The Hall–Kier alpha value is -1.50. The van der Waals surface area contributed by atoms with Crippen molar-refractivity contribution in [2.45, 2.75) is 32.6 Å². The highest BCUT2D eigenvalue weighted by Gasteiger charge is 2.29. The molecule has 0 spiro atoms. The van der Waals surface area contributed by atoms with Crippen LogP contribution in [0, 0.1) is 10.1 Å². The van der Waals surface area contributed by atoms with E-state index in [2.05, 4.69) is 0 Å². The fourth-order valence-corrected chi connectivity index (χ4v) is 2.71. The number of quaternary nitrogens is 1. The second-order valence-electron chi connectivity index (χ2n) is 5.73. The Morgan fingerprint density at radius 2 is 1.70 bits per heavy atom. The number of nitro benzene ring substituents is 1. The van der Waals surface area contributed by atoms with Gasteiger partial charge in [-0.2, -0.15) is 0 Å². The van der Waals surface area contributed by atoms with Crippen molar-refractivity contribution in [3.63, 3.8) is 0 Å². The molecule has 0 saturated carbocycles. The number of aliphatic hydroxyl groups excluding tert-OH is 2. The minimum atomic E-state index is -0.540. The number of benzene rings is 1. The van der Waals surface area contributed by atoms with Crippen LogP contribution < -0.4 is 0 Å². The summed E-state index contributed by atoms with van der Waals surface area (Å²) in [5.74, 6) is 0. The zero-order valence-electron chi connectivity index (χ0n) is 12.2. The summed E-state index contributed by atoms with van der Waals surface area (Å²) >= 11 is 0. The molecule has 0 aliphatic carbocycles. The molecule has 0 radical (unpaired) electrons. The fourth-order valence-electron chi connectivity index (χ4n) is 2.71. The Morgan fingerprint density at radius 1 is 1.20 bits per heavy atom. The third kappa shape index (κ3) is 4.88. The highest BCUT2D eigenvalue weighted by atomic mass is 16.6. The molecule has 2 N–H and O–H groups in total. The molecule has 0 saturated heterocycles. The van der Waals surface area contributed by atoms with Crippen LogP contribution in [0.1, 0.15) is 19.4 Å². The summed E-state index contributed by atoms with van der Waals surface area (Å²) in [6.45, 7) is 4.61. The first-order valence-electron chi connectivity index (χ1n) is 6.65. The molecule has 20 heavy (non-hydrogen) atoms. The van der Waals surface area contributed by atoms with Crippen LogP contribution in [0.3, 0.4) is 0 Å². The SMILES string of the molecule is CC(O)C[N+](C)(Cc1ccccc1[N+](=O)[O-])CC(C)O. The third-order valence-electron chi connectivity index (χ3n) is 3.15. The van der Waals surface area contributed by atoms with Crippen LogP contribution in [0.2, 0.25) is 0 Å². The second kappa shape index (κ2) is 6.78. The molecule has 112 valence electrons. The maximum atomic E-state index is 11.1. The van der Waals surface area contributed by atoms with E-state index in [1.165, 1.54) is 6.07 Å². The molecule has 2 unspecified atom stereocenters. The Morgan fingerprint density at radius 3 is 2.15 bits per heavy atom. The predicted octanol–water partition coefficient (Wildman–Crippen LogP) is 1.30. The van der Waals surface area contributed by atoms with Gasteiger partial charge in [-0.3, -0.25) is 10.1 Å². The van der Waals surface area contributed by atoms with Crippen molar-refractivity contribution in [3.05, 3.63) is 39.9 Å². The smallest absolute Gasteiger partial charge is 0.278 e. The summed E-state index contributed by atoms with van der Waals surface area (Å²) < 4.78 is 0.347. The molecule has 0 aliphatic heterocycles. The van der Waals surface area contributed by atoms with E-state index in [4.69, 9.17) is 0 Å². The molecule has 0 fully saturated rings. The molecular weight excluding hydrogens is 260 g/mol. The standard InChI is InChI=1S/C14H23N2O4/c1-11(17)8-16(3,9-12(2)18)10-13-6-4-5-7-14(13)15(19)20/h4-7,11-12,17-18H,8-10H2,1-3H3/q+1. The van der Waals surface area contributed by atoms with Gasteiger partial charge in [-0.15, -0.1) is 0 Å².